The van der Waals surface area contributed by atoms with Gasteiger partial charge in [-0.1, -0.05) is 26.0 Å². The summed E-state index contributed by atoms with van der Waals surface area (Å²) in [5, 5.41) is 3.00. The second kappa shape index (κ2) is 10.3. The van der Waals surface area contributed by atoms with Crippen LogP contribution in [0.4, 0.5) is 18.9 Å². The molecule has 1 heterocycles. The Hall–Kier alpha value is -2.04. The lowest BCUT2D eigenvalue weighted by atomic mass is 10.0. The quantitative estimate of drug-likeness (QED) is 0.347. The van der Waals surface area contributed by atoms with Gasteiger partial charge in [0, 0.05) is 18.0 Å². The smallest absolute Gasteiger partial charge is 0.422 e. The predicted molar refractivity (Wildman–Crippen MR) is 111 cm³/mol. The summed E-state index contributed by atoms with van der Waals surface area (Å²) < 4.78 is 41.2. The fraction of sp³-hybridized carbons (Fsp3) is 0.333. The second-order valence-corrected chi connectivity index (χ2v) is 6.01. The molecule has 5 nitrogen and oxygen atoms in total. The van der Waals surface area contributed by atoms with Crippen molar-refractivity contribution >= 4 is 35.6 Å². The van der Waals surface area contributed by atoms with Gasteiger partial charge in [-0.2, -0.15) is 13.2 Å². The Morgan fingerprint density at radius 1 is 1.26 bits per heavy atom. The highest BCUT2D eigenvalue weighted by Gasteiger charge is 2.28. The number of hydrogen-bond donors (Lipinski definition) is 2. The molecule has 0 fully saturated rings. The molecule has 2 aromatic rings. The normalized spacial score (nSPS) is 11.9. The molecular weight excluding hydrogens is 472 g/mol. The van der Waals surface area contributed by atoms with Gasteiger partial charge in [-0.05, 0) is 35.2 Å². The van der Waals surface area contributed by atoms with Crippen LogP contribution in [0.1, 0.15) is 30.9 Å². The molecule has 1 aromatic carbocycles. The fourth-order valence-corrected chi connectivity index (χ4v) is 2.12. The van der Waals surface area contributed by atoms with Crippen LogP contribution in [0.3, 0.4) is 0 Å². The van der Waals surface area contributed by atoms with E-state index in [2.05, 4.69) is 33.9 Å². The number of benzene rings is 1. The summed E-state index contributed by atoms with van der Waals surface area (Å²) >= 11 is 0. The van der Waals surface area contributed by atoms with E-state index in [9.17, 15) is 13.2 Å². The van der Waals surface area contributed by atoms with Crippen LogP contribution in [-0.2, 0) is 6.54 Å². The maximum Gasteiger partial charge on any atom is 0.422 e. The Kier molecular flexibility index (Phi) is 8.80. The summed E-state index contributed by atoms with van der Waals surface area (Å²) in [5.74, 6) is 0.494. The second-order valence-electron chi connectivity index (χ2n) is 6.01. The number of guanidine groups is 1. The molecule has 0 spiro atoms. The lowest BCUT2D eigenvalue weighted by Gasteiger charge is -2.10. The number of rotatable bonds is 6. The van der Waals surface area contributed by atoms with Gasteiger partial charge in [0.2, 0.25) is 5.88 Å². The zero-order valence-electron chi connectivity index (χ0n) is 15.0. The average Bonchev–Trinajstić information content (AvgIpc) is 2.58. The number of hydrogen-bond acceptors (Lipinski definition) is 3. The van der Waals surface area contributed by atoms with Crippen molar-refractivity contribution in [2.45, 2.75) is 32.5 Å². The summed E-state index contributed by atoms with van der Waals surface area (Å²) in [6, 6.07) is 10.9. The first-order valence-electron chi connectivity index (χ1n) is 8.04. The summed E-state index contributed by atoms with van der Waals surface area (Å²) in [5.41, 5.74) is 8.50. The third kappa shape index (κ3) is 8.46. The summed E-state index contributed by atoms with van der Waals surface area (Å²) in [4.78, 5) is 7.94. The minimum absolute atomic E-state index is 0. The molecule has 1 aromatic heterocycles. The summed E-state index contributed by atoms with van der Waals surface area (Å²) in [6.07, 6.45) is -3.04. The fourth-order valence-electron chi connectivity index (χ4n) is 2.12. The van der Waals surface area contributed by atoms with Crippen molar-refractivity contribution in [3.05, 3.63) is 53.7 Å². The van der Waals surface area contributed by atoms with Crippen LogP contribution in [0.2, 0.25) is 0 Å². The van der Waals surface area contributed by atoms with Gasteiger partial charge >= 0.3 is 6.18 Å². The average molecular weight is 494 g/mol. The molecule has 2 rings (SSSR count). The molecule has 27 heavy (non-hydrogen) atoms. The van der Waals surface area contributed by atoms with Gasteiger partial charge in [0.15, 0.2) is 12.6 Å². The van der Waals surface area contributed by atoms with Crippen molar-refractivity contribution in [1.82, 2.24) is 4.98 Å². The third-order valence-electron chi connectivity index (χ3n) is 3.44. The van der Waals surface area contributed by atoms with E-state index in [1.165, 1.54) is 17.8 Å². The first-order chi connectivity index (χ1) is 12.2. The van der Waals surface area contributed by atoms with Gasteiger partial charge in [0.05, 0.1) is 6.54 Å². The Balaban J connectivity index is 0.00000364. The SMILES string of the molecule is CC(C)c1cccc(NC(N)=NCc2ccnc(OCC(F)(F)F)c2)c1.I. The molecule has 0 amide bonds. The molecule has 3 N–H and O–H groups in total. The van der Waals surface area contributed by atoms with E-state index >= 15 is 0 Å². The number of nitrogens with zero attached hydrogens (tertiary/aromatic N) is 2. The van der Waals surface area contributed by atoms with Crippen molar-refractivity contribution in [2.24, 2.45) is 10.7 Å². The maximum atomic E-state index is 12.2. The van der Waals surface area contributed by atoms with E-state index < -0.39 is 12.8 Å². The molecule has 148 valence electrons. The number of nitrogens with two attached hydrogens (primary N) is 1. The van der Waals surface area contributed by atoms with Crippen molar-refractivity contribution in [2.75, 3.05) is 11.9 Å². The Morgan fingerprint density at radius 2 is 2.00 bits per heavy atom. The van der Waals surface area contributed by atoms with Gasteiger partial charge in [-0.25, -0.2) is 9.98 Å². The van der Waals surface area contributed by atoms with Crippen molar-refractivity contribution in [3.8, 4) is 5.88 Å². The van der Waals surface area contributed by atoms with E-state index in [-0.39, 0.29) is 42.4 Å². The Labute approximate surface area is 173 Å². The number of halogens is 4. The van der Waals surface area contributed by atoms with Crippen LogP contribution in [0.15, 0.2) is 47.6 Å². The van der Waals surface area contributed by atoms with Crippen LogP contribution < -0.4 is 15.8 Å². The van der Waals surface area contributed by atoms with E-state index in [0.717, 1.165) is 5.69 Å². The van der Waals surface area contributed by atoms with Gasteiger partial charge in [-0.3, -0.25) is 0 Å². The van der Waals surface area contributed by atoms with Crippen LogP contribution in [0.5, 0.6) is 5.88 Å². The Bertz CT molecular complexity index is 766. The highest BCUT2D eigenvalue weighted by molar-refractivity contribution is 14.0. The van der Waals surface area contributed by atoms with E-state index in [1.807, 2.05) is 24.3 Å². The zero-order valence-corrected chi connectivity index (χ0v) is 17.3. The number of aliphatic imine (C=N–C) groups is 1. The highest BCUT2D eigenvalue weighted by atomic mass is 127. The Morgan fingerprint density at radius 3 is 2.67 bits per heavy atom. The summed E-state index contributed by atoms with van der Waals surface area (Å²) in [7, 11) is 0. The number of anilines is 1. The summed E-state index contributed by atoms with van der Waals surface area (Å²) in [6.45, 7) is 2.99. The number of nitrogens with one attached hydrogen (secondary N) is 1. The highest BCUT2D eigenvalue weighted by Crippen LogP contribution is 2.19. The number of ether oxygens (including phenoxy) is 1. The molecule has 0 aliphatic rings. The number of aromatic nitrogens is 1. The molecule has 0 saturated heterocycles. The van der Waals surface area contributed by atoms with Gasteiger partial charge in [0.1, 0.15) is 0 Å². The molecule has 0 unspecified atom stereocenters. The first-order valence-corrected chi connectivity index (χ1v) is 8.04. The van der Waals surface area contributed by atoms with Gasteiger partial charge in [0.25, 0.3) is 0 Å². The van der Waals surface area contributed by atoms with E-state index in [1.54, 1.807) is 6.07 Å². The minimum atomic E-state index is -4.41. The largest absolute Gasteiger partial charge is 0.468 e. The molecule has 0 aliphatic heterocycles. The van der Waals surface area contributed by atoms with Crippen LogP contribution in [0.25, 0.3) is 0 Å². The third-order valence-corrected chi connectivity index (χ3v) is 3.44. The standard InChI is InChI=1S/C18H21F3N4O.HI/c1-12(2)14-4-3-5-15(9-14)25-17(22)24-10-13-6-7-23-16(8-13)26-11-18(19,20)21;/h3-9,12H,10-11H2,1-2H3,(H3,22,24,25);1H. The van der Waals surface area contributed by atoms with Crippen molar-refractivity contribution < 1.29 is 17.9 Å². The monoisotopic (exact) mass is 494 g/mol. The minimum Gasteiger partial charge on any atom is -0.468 e. The zero-order chi connectivity index (χ0) is 19.2. The predicted octanol–water partition coefficient (Wildman–Crippen LogP) is 4.69. The lowest BCUT2D eigenvalue weighted by molar-refractivity contribution is -0.154. The number of alkyl halides is 3. The van der Waals surface area contributed by atoms with E-state index in [0.29, 0.717) is 11.5 Å². The van der Waals surface area contributed by atoms with Crippen molar-refractivity contribution in [1.29, 1.82) is 0 Å². The molecule has 0 aliphatic carbocycles. The van der Waals surface area contributed by atoms with E-state index in [4.69, 9.17) is 5.73 Å². The molecule has 0 saturated carbocycles. The van der Waals surface area contributed by atoms with Crippen LogP contribution in [-0.4, -0.2) is 23.7 Å². The first kappa shape index (κ1) is 23.0. The molecular formula is C18H22F3IN4O. The van der Waals surface area contributed by atoms with Crippen LogP contribution >= 0.6 is 24.0 Å². The molecule has 0 radical (unpaired) electrons. The van der Waals surface area contributed by atoms with Gasteiger partial charge in [-0.15, -0.1) is 24.0 Å². The molecule has 0 bridgehead atoms. The molecule has 9 heteroatoms. The topological polar surface area (TPSA) is 72.5 Å². The number of pyridine rings is 1. The lowest BCUT2D eigenvalue weighted by Crippen LogP contribution is -2.22. The molecule has 0 atom stereocenters. The van der Waals surface area contributed by atoms with Gasteiger partial charge < -0.3 is 15.8 Å². The van der Waals surface area contributed by atoms with Crippen molar-refractivity contribution in [3.63, 3.8) is 0 Å². The van der Waals surface area contributed by atoms with Crippen LogP contribution in [0, 0.1) is 0 Å². The maximum absolute atomic E-state index is 12.2.